The molecule has 0 radical (unpaired) electrons. The molecule has 2 amide bonds. The van der Waals surface area contributed by atoms with Gasteiger partial charge in [-0.05, 0) is 42.6 Å². The average Bonchev–Trinajstić information content (AvgIpc) is 3.22. The van der Waals surface area contributed by atoms with Crippen LogP contribution >= 0.6 is 0 Å². The summed E-state index contributed by atoms with van der Waals surface area (Å²) >= 11 is 0. The lowest BCUT2D eigenvalue weighted by Gasteiger charge is -2.24. The van der Waals surface area contributed by atoms with Gasteiger partial charge in [-0.3, -0.25) is 14.4 Å². The summed E-state index contributed by atoms with van der Waals surface area (Å²) in [5, 5.41) is 3.48. The minimum atomic E-state index is -0.898. The number of hydrogen-bond acceptors (Lipinski definition) is 6. The normalized spacial score (nSPS) is 13.4. The van der Waals surface area contributed by atoms with Crippen molar-refractivity contribution in [3.63, 3.8) is 0 Å². The second kappa shape index (κ2) is 13.6. The summed E-state index contributed by atoms with van der Waals surface area (Å²) in [6.45, 7) is 4.64. The first-order valence-electron chi connectivity index (χ1n) is 12.6. The Kier molecular flexibility index (Phi) is 10.3. The third-order valence-corrected chi connectivity index (χ3v) is 6.46. The molecule has 8 heteroatoms. The zero-order chi connectivity index (χ0) is 25.9. The van der Waals surface area contributed by atoms with Crippen molar-refractivity contribution >= 4 is 17.8 Å². The summed E-state index contributed by atoms with van der Waals surface area (Å²) in [7, 11) is 1.28. The molecule has 1 aliphatic rings. The van der Waals surface area contributed by atoms with E-state index in [4.69, 9.17) is 10.5 Å². The molecule has 1 unspecified atom stereocenters. The molecule has 0 aliphatic carbocycles. The second-order valence-electron chi connectivity index (χ2n) is 9.09. The van der Waals surface area contributed by atoms with Crippen molar-refractivity contribution in [2.45, 2.75) is 71.2 Å². The quantitative estimate of drug-likeness (QED) is 0.288. The number of nitrogens with two attached hydrogens (primary N) is 1. The molecule has 1 aliphatic heterocycles. The number of fused-ring (bicyclic) bond motifs is 1. The van der Waals surface area contributed by atoms with Gasteiger partial charge in [0.15, 0.2) is 0 Å². The second-order valence-corrected chi connectivity index (χ2v) is 9.09. The van der Waals surface area contributed by atoms with Crippen LogP contribution in [0.2, 0.25) is 0 Å². The van der Waals surface area contributed by atoms with Crippen molar-refractivity contribution in [2.75, 3.05) is 13.7 Å². The molecule has 0 saturated heterocycles. The number of carbonyl (C=O) groups excluding carboxylic acids is 3. The van der Waals surface area contributed by atoms with Gasteiger partial charge in [0.25, 0.3) is 5.91 Å². The van der Waals surface area contributed by atoms with Crippen molar-refractivity contribution < 1.29 is 23.9 Å². The first-order chi connectivity index (χ1) is 17.4. The summed E-state index contributed by atoms with van der Waals surface area (Å²) < 4.78 is 10.7. The number of carbonyl (C=O) groups is 3. The highest BCUT2D eigenvalue weighted by molar-refractivity contribution is 6.01. The van der Waals surface area contributed by atoms with E-state index in [-0.39, 0.29) is 25.3 Å². The van der Waals surface area contributed by atoms with E-state index in [1.54, 1.807) is 12.1 Å². The van der Waals surface area contributed by atoms with Gasteiger partial charge in [-0.1, -0.05) is 56.5 Å². The fraction of sp³-hybridized carbons (Fsp3) is 0.464. The molecular weight excluding hydrogens is 458 g/mol. The van der Waals surface area contributed by atoms with Gasteiger partial charge in [0.1, 0.15) is 18.4 Å². The Bertz CT molecular complexity index is 1040. The Morgan fingerprint density at radius 1 is 1.08 bits per heavy atom. The van der Waals surface area contributed by atoms with Gasteiger partial charge in [-0.2, -0.15) is 0 Å². The molecule has 194 valence electrons. The molecule has 2 aromatic carbocycles. The van der Waals surface area contributed by atoms with Crippen molar-refractivity contribution in [1.82, 2.24) is 10.2 Å². The molecule has 3 rings (SSSR count). The molecule has 1 atom stereocenters. The maximum absolute atomic E-state index is 13.0. The van der Waals surface area contributed by atoms with Crippen LogP contribution < -0.4 is 15.8 Å². The summed E-state index contributed by atoms with van der Waals surface area (Å²) in [5.74, 6) is -0.811. The van der Waals surface area contributed by atoms with Crippen molar-refractivity contribution in [1.29, 1.82) is 0 Å². The van der Waals surface area contributed by atoms with Crippen LogP contribution in [0.1, 0.15) is 72.5 Å². The van der Waals surface area contributed by atoms with Gasteiger partial charge < -0.3 is 25.4 Å². The van der Waals surface area contributed by atoms with E-state index in [9.17, 15) is 14.4 Å². The molecule has 3 N–H and O–H groups in total. The number of hydrogen-bond donors (Lipinski definition) is 2. The molecule has 8 nitrogen and oxygen atoms in total. The minimum absolute atomic E-state index is 0.00202. The van der Waals surface area contributed by atoms with Gasteiger partial charge >= 0.3 is 5.97 Å². The van der Waals surface area contributed by atoms with Crippen LogP contribution in [0.25, 0.3) is 0 Å². The molecular formula is C28H37N3O5. The summed E-state index contributed by atoms with van der Waals surface area (Å²) in [6.07, 6.45) is 5.11. The van der Waals surface area contributed by atoms with Crippen LogP contribution in [0.3, 0.4) is 0 Å². The third-order valence-electron chi connectivity index (χ3n) is 6.46. The summed E-state index contributed by atoms with van der Waals surface area (Å²) in [5.41, 5.74) is 9.01. The smallest absolute Gasteiger partial charge is 0.305 e. The van der Waals surface area contributed by atoms with E-state index >= 15 is 0 Å². The SMILES string of the molecule is CCCCCCNCc1ccc(COc2cccc3c2CN(C(CCC(=O)OC)C(N)=O)C3=O)cc1. The number of methoxy groups -OCH3 is 1. The number of benzene rings is 2. The Labute approximate surface area is 213 Å². The van der Waals surface area contributed by atoms with E-state index in [1.807, 2.05) is 18.2 Å². The number of esters is 1. The van der Waals surface area contributed by atoms with Crippen LogP contribution in [0.5, 0.6) is 5.75 Å². The highest BCUT2D eigenvalue weighted by atomic mass is 16.5. The van der Waals surface area contributed by atoms with Gasteiger partial charge in [-0.25, -0.2) is 0 Å². The number of unbranched alkanes of at least 4 members (excludes halogenated alkanes) is 3. The lowest BCUT2D eigenvalue weighted by molar-refractivity contribution is -0.141. The fourth-order valence-electron chi connectivity index (χ4n) is 4.35. The topological polar surface area (TPSA) is 111 Å². The van der Waals surface area contributed by atoms with E-state index in [2.05, 4.69) is 29.1 Å². The number of nitrogens with zero attached hydrogens (tertiary/aromatic N) is 1. The standard InChI is InChI=1S/C28H37N3O5/c1-3-4-5-6-16-30-17-20-10-12-21(13-11-20)19-36-25-9-7-8-22-23(25)18-31(28(22)34)24(27(29)33)14-15-26(32)35-2/h7-13,24,30H,3-6,14-19H2,1-2H3,(H2,29,33). The number of ether oxygens (including phenoxy) is 2. The Morgan fingerprint density at radius 2 is 1.83 bits per heavy atom. The fourth-order valence-corrected chi connectivity index (χ4v) is 4.35. The van der Waals surface area contributed by atoms with Crippen LogP contribution in [-0.4, -0.2) is 42.4 Å². The molecule has 0 saturated carbocycles. The number of rotatable bonds is 15. The maximum atomic E-state index is 13.0. The van der Waals surface area contributed by atoms with E-state index < -0.39 is 17.9 Å². The monoisotopic (exact) mass is 495 g/mol. The van der Waals surface area contributed by atoms with E-state index in [0.29, 0.717) is 17.9 Å². The maximum Gasteiger partial charge on any atom is 0.305 e. The van der Waals surface area contributed by atoms with Gasteiger partial charge in [0, 0.05) is 24.1 Å². The zero-order valence-electron chi connectivity index (χ0n) is 21.3. The van der Waals surface area contributed by atoms with Crippen LogP contribution in [0.15, 0.2) is 42.5 Å². The third kappa shape index (κ3) is 7.31. The molecule has 0 bridgehead atoms. The lowest BCUT2D eigenvalue weighted by Crippen LogP contribution is -2.45. The molecule has 36 heavy (non-hydrogen) atoms. The Hall–Kier alpha value is -3.39. The number of amides is 2. The predicted octanol–water partition coefficient (Wildman–Crippen LogP) is 3.70. The van der Waals surface area contributed by atoms with Gasteiger partial charge in [0.2, 0.25) is 5.91 Å². The molecule has 0 spiro atoms. The Balaban J connectivity index is 1.58. The predicted molar refractivity (Wildman–Crippen MR) is 137 cm³/mol. The van der Waals surface area contributed by atoms with Gasteiger partial charge in [-0.15, -0.1) is 0 Å². The highest BCUT2D eigenvalue weighted by Crippen LogP contribution is 2.33. The first kappa shape index (κ1) is 27.2. The van der Waals surface area contributed by atoms with E-state index in [1.165, 1.54) is 43.3 Å². The molecule has 2 aromatic rings. The largest absolute Gasteiger partial charge is 0.489 e. The lowest BCUT2D eigenvalue weighted by atomic mass is 10.1. The van der Waals surface area contributed by atoms with Crippen molar-refractivity contribution in [3.05, 3.63) is 64.7 Å². The van der Waals surface area contributed by atoms with Crippen LogP contribution in [0.4, 0.5) is 0 Å². The molecule has 0 aromatic heterocycles. The number of primary amides is 1. The van der Waals surface area contributed by atoms with Gasteiger partial charge in [0.05, 0.1) is 13.7 Å². The average molecular weight is 496 g/mol. The number of nitrogens with one attached hydrogen (secondary N) is 1. The Morgan fingerprint density at radius 3 is 2.53 bits per heavy atom. The van der Waals surface area contributed by atoms with Crippen LogP contribution in [0, 0.1) is 0 Å². The summed E-state index contributed by atoms with van der Waals surface area (Å²) in [4.78, 5) is 38.1. The van der Waals surface area contributed by atoms with E-state index in [0.717, 1.165) is 24.2 Å². The van der Waals surface area contributed by atoms with Crippen LogP contribution in [-0.2, 0) is 34.0 Å². The summed E-state index contributed by atoms with van der Waals surface area (Å²) in [6, 6.07) is 12.7. The van der Waals surface area contributed by atoms with Crippen molar-refractivity contribution in [3.8, 4) is 5.75 Å². The first-order valence-corrected chi connectivity index (χ1v) is 12.6. The highest BCUT2D eigenvalue weighted by Gasteiger charge is 2.37. The van der Waals surface area contributed by atoms with Crippen molar-refractivity contribution in [2.24, 2.45) is 5.73 Å². The molecule has 0 fully saturated rings. The molecule has 1 heterocycles. The zero-order valence-corrected chi connectivity index (χ0v) is 21.3. The minimum Gasteiger partial charge on any atom is -0.489 e.